The minimum atomic E-state index is 0.611. The van der Waals surface area contributed by atoms with Crippen molar-refractivity contribution in [2.24, 2.45) is 0 Å². The van der Waals surface area contributed by atoms with Gasteiger partial charge in [0.15, 0.2) is 17.5 Å². The first-order valence-corrected chi connectivity index (χ1v) is 29.6. The lowest BCUT2D eigenvalue weighted by Gasteiger charge is -2.20. The number of rotatable bonds is 10. The molecule has 0 aliphatic rings. The lowest BCUT2D eigenvalue weighted by molar-refractivity contribution is 1.07. The van der Waals surface area contributed by atoms with Crippen molar-refractivity contribution in [2.45, 2.75) is 0 Å². The van der Waals surface area contributed by atoms with E-state index in [1.165, 1.54) is 78.8 Å². The van der Waals surface area contributed by atoms with Crippen LogP contribution in [-0.2, 0) is 0 Å². The van der Waals surface area contributed by atoms with Gasteiger partial charge in [0.05, 0.1) is 11.0 Å². The van der Waals surface area contributed by atoms with E-state index in [0.717, 1.165) is 61.3 Å². The molecule has 4 heterocycles. The molecule has 0 unspecified atom stereocenters. The van der Waals surface area contributed by atoms with Gasteiger partial charge in [-0.1, -0.05) is 243 Å². The van der Waals surface area contributed by atoms with Crippen molar-refractivity contribution in [3.63, 3.8) is 0 Å². The number of nitrogens with zero attached hydrogens (tertiary/aromatic N) is 4. The molecule has 0 spiro atoms. The van der Waals surface area contributed by atoms with Crippen LogP contribution in [0.15, 0.2) is 291 Å². The van der Waals surface area contributed by atoms with Crippen LogP contribution in [0.4, 0.5) is 0 Å². The van der Waals surface area contributed by atoms with Gasteiger partial charge in [0.25, 0.3) is 0 Å². The summed E-state index contributed by atoms with van der Waals surface area (Å²) in [6, 6.07) is 105. The number of hydrogen-bond acceptors (Lipinski definition) is 5. The first-order valence-electron chi connectivity index (χ1n) is 28.0. The number of thiophene rings is 2. The van der Waals surface area contributed by atoms with E-state index in [1.54, 1.807) is 0 Å². The van der Waals surface area contributed by atoms with Crippen molar-refractivity contribution < 1.29 is 0 Å². The van der Waals surface area contributed by atoms with Crippen molar-refractivity contribution >= 4 is 96.0 Å². The standard InChI is InChI=1S/C77H48N4S2/c1-3-15-55(16-4-1)75-78-76(56-17-5-2-6-18-56)80-77(79-75)57-37-35-53(36-38-57)73(51-31-27-49(28-32-51)58-41-45-65-63-21-9-13-25-69(63)82-71(65)47-58)74(52-33-29-50(30-34-52)59-42-46-66-64-22-10-14-26-70(64)83-72(66)48-59)54-39-43-60(44-40-54)81-67-23-11-7-19-61(67)62-20-8-12-24-68(62)81/h1-48H/b74-73-. The quantitative estimate of drug-likeness (QED) is 0.128. The monoisotopic (exact) mass is 1090 g/mol. The van der Waals surface area contributed by atoms with Gasteiger partial charge in [0.1, 0.15) is 0 Å². The van der Waals surface area contributed by atoms with Crippen LogP contribution in [0, 0.1) is 0 Å². The molecule has 4 nitrogen and oxygen atoms in total. The number of para-hydroxylation sites is 2. The molecule has 83 heavy (non-hydrogen) atoms. The minimum Gasteiger partial charge on any atom is -0.309 e. The summed E-state index contributed by atoms with van der Waals surface area (Å²) < 4.78 is 7.58. The highest BCUT2D eigenvalue weighted by molar-refractivity contribution is 7.26. The number of fused-ring (bicyclic) bond motifs is 9. The molecule has 388 valence electrons. The summed E-state index contributed by atoms with van der Waals surface area (Å²) in [5.41, 5.74) is 17.6. The third-order valence-corrected chi connectivity index (χ3v) is 18.4. The van der Waals surface area contributed by atoms with Gasteiger partial charge in [0, 0.05) is 73.5 Å². The molecule has 0 saturated heterocycles. The topological polar surface area (TPSA) is 43.6 Å². The average molecular weight is 1090 g/mol. The Morgan fingerprint density at radius 1 is 0.241 bits per heavy atom. The molecule has 6 heteroatoms. The summed E-state index contributed by atoms with van der Waals surface area (Å²) in [6.07, 6.45) is 0. The molecule has 16 rings (SSSR count). The molecule has 0 radical (unpaired) electrons. The van der Waals surface area contributed by atoms with Gasteiger partial charge in [-0.05, 0) is 104 Å². The number of hydrogen-bond donors (Lipinski definition) is 0. The zero-order chi connectivity index (χ0) is 54.8. The second-order valence-corrected chi connectivity index (χ2v) is 23.2. The minimum absolute atomic E-state index is 0.611. The first-order chi connectivity index (χ1) is 41.1. The lowest BCUT2D eigenvalue weighted by atomic mass is 9.84. The molecule has 0 aliphatic heterocycles. The summed E-state index contributed by atoms with van der Waals surface area (Å²) in [6.45, 7) is 0. The Kier molecular flexibility index (Phi) is 11.9. The van der Waals surface area contributed by atoms with E-state index in [9.17, 15) is 0 Å². The predicted molar refractivity (Wildman–Crippen MR) is 351 cm³/mol. The second-order valence-electron chi connectivity index (χ2n) is 21.1. The molecular weight excluding hydrogens is 1050 g/mol. The molecule has 0 amide bonds. The van der Waals surface area contributed by atoms with Crippen LogP contribution in [0.2, 0.25) is 0 Å². The molecule has 0 saturated carbocycles. The van der Waals surface area contributed by atoms with Crippen LogP contribution in [0.1, 0.15) is 22.3 Å². The average Bonchev–Trinajstić information content (AvgIpc) is 4.46. The van der Waals surface area contributed by atoms with Crippen LogP contribution in [-0.4, -0.2) is 19.5 Å². The molecule has 0 atom stereocenters. The van der Waals surface area contributed by atoms with E-state index >= 15 is 0 Å². The van der Waals surface area contributed by atoms with Crippen molar-refractivity contribution in [3.05, 3.63) is 313 Å². The van der Waals surface area contributed by atoms with Crippen LogP contribution in [0.25, 0.3) is 135 Å². The summed E-state index contributed by atoms with van der Waals surface area (Å²) in [7, 11) is 0. The van der Waals surface area contributed by atoms with Gasteiger partial charge in [0.2, 0.25) is 0 Å². The van der Waals surface area contributed by atoms with Gasteiger partial charge in [-0.15, -0.1) is 22.7 Å². The predicted octanol–water partition coefficient (Wildman–Crippen LogP) is 21.0. The number of aromatic nitrogens is 4. The zero-order valence-electron chi connectivity index (χ0n) is 44.8. The van der Waals surface area contributed by atoms with Gasteiger partial charge in [-0.25, -0.2) is 15.0 Å². The molecule has 0 fully saturated rings. The van der Waals surface area contributed by atoms with Crippen LogP contribution < -0.4 is 0 Å². The van der Waals surface area contributed by atoms with E-state index in [4.69, 9.17) is 15.0 Å². The third-order valence-electron chi connectivity index (χ3n) is 16.1. The molecule has 12 aromatic carbocycles. The van der Waals surface area contributed by atoms with Gasteiger partial charge in [-0.2, -0.15) is 0 Å². The molecular formula is C77H48N4S2. The fourth-order valence-electron chi connectivity index (χ4n) is 12.1. The highest BCUT2D eigenvalue weighted by Gasteiger charge is 2.21. The maximum Gasteiger partial charge on any atom is 0.164 e. The van der Waals surface area contributed by atoms with Crippen molar-refractivity contribution in [1.82, 2.24) is 19.5 Å². The Morgan fingerprint density at radius 3 is 0.976 bits per heavy atom. The Labute approximate surface area is 487 Å². The van der Waals surface area contributed by atoms with E-state index in [1.807, 2.05) is 59.1 Å². The zero-order valence-corrected chi connectivity index (χ0v) is 46.5. The SMILES string of the molecule is c1ccc(-c2nc(-c3ccccc3)nc(-c3ccc(/C(=C(/c4ccc(-c5ccc6c(c5)sc5ccccc56)cc4)c4ccc(-n5c6ccccc6c6ccccc65)cc4)c4ccc(-c5ccc6c(c5)sc5ccccc56)cc4)cc3)n2)cc1. The smallest absolute Gasteiger partial charge is 0.164 e. The summed E-state index contributed by atoms with van der Waals surface area (Å²) in [4.78, 5) is 15.2. The molecule has 4 aromatic heterocycles. The maximum atomic E-state index is 5.13. The maximum absolute atomic E-state index is 5.13. The van der Waals surface area contributed by atoms with Crippen molar-refractivity contribution in [3.8, 4) is 62.1 Å². The van der Waals surface area contributed by atoms with E-state index in [0.29, 0.717) is 17.5 Å². The Morgan fingerprint density at radius 2 is 0.554 bits per heavy atom. The fraction of sp³-hybridized carbons (Fsp3) is 0. The van der Waals surface area contributed by atoms with E-state index in [-0.39, 0.29) is 0 Å². The van der Waals surface area contributed by atoms with Crippen LogP contribution in [0.5, 0.6) is 0 Å². The highest BCUT2D eigenvalue weighted by atomic mass is 32.1. The van der Waals surface area contributed by atoms with Crippen molar-refractivity contribution in [1.29, 1.82) is 0 Å². The largest absolute Gasteiger partial charge is 0.309 e. The number of benzene rings is 12. The van der Waals surface area contributed by atoms with Gasteiger partial charge in [-0.3, -0.25) is 0 Å². The van der Waals surface area contributed by atoms with E-state index in [2.05, 4.69) is 259 Å². The summed E-state index contributed by atoms with van der Waals surface area (Å²) in [5, 5.41) is 7.68. The second kappa shape index (κ2) is 20.3. The highest BCUT2D eigenvalue weighted by Crippen LogP contribution is 2.43. The van der Waals surface area contributed by atoms with Crippen LogP contribution in [0.3, 0.4) is 0 Å². The van der Waals surface area contributed by atoms with Gasteiger partial charge >= 0.3 is 0 Å². The Balaban J connectivity index is 0.882. The van der Waals surface area contributed by atoms with Crippen molar-refractivity contribution in [2.75, 3.05) is 0 Å². The fourth-order valence-corrected chi connectivity index (χ4v) is 14.4. The normalized spacial score (nSPS) is 12.0. The molecule has 0 bridgehead atoms. The Bertz CT molecular complexity index is 5040. The third kappa shape index (κ3) is 8.71. The van der Waals surface area contributed by atoms with Gasteiger partial charge < -0.3 is 4.57 Å². The summed E-state index contributed by atoms with van der Waals surface area (Å²) in [5.74, 6) is 1.87. The van der Waals surface area contributed by atoms with E-state index < -0.39 is 0 Å². The first kappa shape index (κ1) is 48.5. The Hall–Kier alpha value is -10.4. The molecule has 0 N–H and O–H groups in total. The lowest BCUT2D eigenvalue weighted by Crippen LogP contribution is -2.01. The summed E-state index contributed by atoms with van der Waals surface area (Å²) >= 11 is 3.71. The van der Waals surface area contributed by atoms with Crippen LogP contribution >= 0.6 is 22.7 Å². The molecule has 0 aliphatic carbocycles. The molecule has 16 aromatic rings.